The number of carbonyl (C=O) groups is 3. The van der Waals surface area contributed by atoms with Gasteiger partial charge in [0, 0.05) is 19.3 Å². The summed E-state index contributed by atoms with van der Waals surface area (Å²) in [6.07, 6.45) is 89.5. The number of hydrogen-bond acceptors (Lipinski definition) is 6. The van der Waals surface area contributed by atoms with E-state index in [0.29, 0.717) is 19.3 Å². The van der Waals surface area contributed by atoms with Gasteiger partial charge in [-0.2, -0.15) is 0 Å². The fourth-order valence-corrected chi connectivity index (χ4v) is 10.6. The number of esters is 3. The molecule has 0 aromatic heterocycles. The highest BCUT2D eigenvalue weighted by atomic mass is 16.6. The minimum atomic E-state index is -0.780. The molecule has 0 aliphatic heterocycles. The molecule has 0 fully saturated rings. The molecule has 0 saturated carbocycles. The summed E-state index contributed by atoms with van der Waals surface area (Å²) in [6.45, 7) is 6.67. The number of ether oxygens (including phenoxy) is 3. The second-order valence-electron chi connectivity index (χ2n) is 24.1. The number of rotatable bonds is 66. The zero-order valence-corrected chi connectivity index (χ0v) is 54.3. The smallest absolute Gasteiger partial charge is 0.306 e. The van der Waals surface area contributed by atoms with E-state index in [1.54, 1.807) is 0 Å². The van der Waals surface area contributed by atoms with Crippen LogP contribution in [0.15, 0.2) is 60.8 Å². The second kappa shape index (κ2) is 69.6. The lowest BCUT2D eigenvalue weighted by molar-refractivity contribution is -0.167. The fraction of sp³-hybridized carbons (Fsp3) is 0.827. The maximum Gasteiger partial charge on any atom is 0.306 e. The lowest BCUT2D eigenvalue weighted by atomic mass is 10.0. The van der Waals surface area contributed by atoms with E-state index in [0.717, 1.165) is 83.5 Å². The van der Waals surface area contributed by atoms with Gasteiger partial charge >= 0.3 is 17.9 Å². The first kappa shape index (κ1) is 78.1. The predicted octanol–water partition coefficient (Wildman–Crippen LogP) is 24.7. The Morgan fingerprint density at radius 1 is 0.247 bits per heavy atom. The van der Waals surface area contributed by atoms with Crippen LogP contribution in [0.5, 0.6) is 0 Å². The van der Waals surface area contributed by atoms with Gasteiger partial charge in [-0.25, -0.2) is 0 Å². The van der Waals surface area contributed by atoms with Crippen molar-refractivity contribution >= 4 is 17.9 Å². The molecule has 0 heterocycles. The zero-order valence-electron chi connectivity index (χ0n) is 54.3. The standard InChI is InChI=1S/C75H136O6/c1-4-7-10-13-16-19-22-25-28-31-34-36-37-38-39-40-42-44-47-50-53-56-59-62-65-68-74(77)80-71-72(70-79-73(76)67-64-61-58-55-52-49-46-43-33-30-27-24-21-18-15-12-9-6-3)81-75(78)69-66-63-60-57-54-51-48-45-41-35-32-29-26-23-20-17-14-11-8-5-2/h21-22,24-25,30-31,33-34,37-38,72H,4-20,23,26-29,32,35-36,39-71H2,1-3H3/b24-21-,25-22-,33-30-,34-31-,38-37-. The molecular weight excluding hydrogens is 997 g/mol. The molecular formula is C75H136O6. The van der Waals surface area contributed by atoms with Gasteiger partial charge in [0.25, 0.3) is 0 Å². The van der Waals surface area contributed by atoms with Crippen molar-refractivity contribution in [3.8, 4) is 0 Å². The lowest BCUT2D eigenvalue weighted by Crippen LogP contribution is -2.30. The SMILES string of the molecule is CCCCCC/C=C\C/C=C\CCCCCCCCCC(=O)OCC(COC(=O)CCCCCCCCCCCC/C=C\C/C=C\C/C=C\CCCCCCC)OC(=O)CCCCCCCCCCCCCCCCCCCCCC. The molecule has 0 radical (unpaired) electrons. The molecule has 81 heavy (non-hydrogen) atoms. The van der Waals surface area contributed by atoms with Crippen LogP contribution in [0.4, 0.5) is 0 Å². The second-order valence-corrected chi connectivity index (χ2v) is 24.1. The average molecular weight is 1130 g/mol. The minimum absolute atomic E-state index is 0.0752. The van der Waals surface area contributed by atoms with Gasteiger partial charge < -0.3 is 14.2 Å². The van der Waals surface area contributed by atoms with E-state index in [1.807, 2.05) is 0 Å². The van der Waals surface area contributed by atoms with Gasteiger partial charge in [0.15, 0.2) is 6.10 Å². The zero-order chi connectivity index (χ0) is 58.5. The summed E-state index contributed by atoms with van der Waals surface area (Å²) < 4.78 is 17.0. The summed E-state index contributed by atoms with van der Waals surface area (Å²) in [4.78, 5) is 38.5. The number of carbonyl (C=O) groups excluding carboxylic acids is 3. The molecule has 1 unspecified atom stereocenters. The molecule has 0 aliphatic carbocycles. The Morgan fingerprint density at radius 3 is 0.704 bits per heavy atom. The summed E-state index contributed by atoms with van der Waals surface area (Å²) in [5.74, 6) is -0.861. The fourth-order valence-electron chi connectivity index (χ4n) is 10.6. The molecule has 0 aromatic carbocycles. The quantitative estimate of drug-likeness (QED) is 0.0261. The van der Waals surface area contributed by atoms with Crippen molar-refractivity contribution in [3.63, 3.8) is 0 Å². The summed E-state index contributed by atoms with van der Waals surface area (Å²) in [6, 6.07) is 0. The molecule has 0 amide bonds. The Balaban J connectivity index is 4.34. The van der Waals surface area contributed by atoms with E-state index < -0.39 is 6.10 Å². The monoisotopic (exact) mass is 1130 g/mol. The van der Waals surface area contributed by atoms with Gasteiger partial charge in [0.05, 0.1) is 0 Å². The van der Waals surface area contributed by atoms with Crippen molar-refractivity contribution in [2.75, 3.05) is 13.2 Å². The summed E-state index contributed by atoms with van der Waals surface area (Å²) in [5.41, 5.74) is 0. The highest BCUT2D eigenvalue weighted by Crippen LogP contribution is 2.18. The predicted molar refractivity (Wildman–Crippen MR) is 353 cm³/mol. The molecule has 6 heteroatoms. The third-order valence-electron chi connectivity index (χ3n) is 16.0. The highest BCUT2D eigenvalue weighted by molar-refractivity contribution is 5.71. The molecule has 0 N–H and O–H groups in total. The molecule has 6 nitrogen and oxygen atoms in total. The molecule has 0 saturated heterocycles. The molecule has 0 bridgehead atoms. The minimum Gasteiger partial charge on any atom is -0.462 e. The van der Waals surface area contributed by atoms with Gasteiger partial charge in [-0.1, -0.05) is 332 Å². The third kappa shape index (κ3) is 67.8. The van der Waals surface area contributed by atoms with Gasteiger partial charge in [0.1, 0.15) is 13.2 Å². The third-order valence-corrected chi connectivity index (χ3v) is 16.0. The Labute approximate surface area is 504 Å². The molecule has 0 rings (SSSR count). The van der Waals surface area contributed by atoms with E-state index in [9.17, 15) is 14.4 Å². The Kier molecular flexibility index (Phi) is 67.1. The Hall–Kier alpha value is -2.89. The van der Waals surface area contributed by atoms with Gasteiger partial charge in [-0.3, -0.25) is 14.4 Å². The molecule has 0 spiro atoms. The molecule has 1 atom stereocenters. The molecule has 0 aliphatic rings. The van der Waals surface area contributed by atoms with E-state index in [4.69, 9.17) is 14.2 Å². The first-order valence-corrected chi connectivity index (χ1v) is 35.8. The van der Waals surface area contributed by atoms with Crippen molar-refractivity contribution in [2.24, 2.45) is 0 Å². The van der Waals surface area contributed by atoms with Crippen LogP contribution in [-0.4, -0.2) is 37.2 Å². The van der Waals surface area contributed by atoms with Gasteiger partial charge in [-0.05, 0) is 89.9 Å². The first-order chi connectivity index (χ1) is 40.0. The maximum atomic E-state index is 13.0. The van der Waals surface area contributed by atoms with Crippen molar-refractivity contribution < 1.29 is 28.6 Å². The van der Waals surface area contributed by atoms with Crippen LogP contribution in [0.1, 0.15) is 380 Å². The largest absolute Gasteiger partial charge is 0.462 e. The molecule has 0 aromatic rings. The topological polar surface area (TPSA) is 78.9 Å². The van der Waals surface area contributed by atoms with Crippen LogP contribution >= 0.6 is 0 Å². The van der Waals surface area contributed by atoms with Crippen LogP contribution in [0.2, 0.25) is 0 Å². The van der Waals surface area contributed by atoms with Crippen LogP contribution in [0, 0.1) is 0 Å². The Bertz CT molecular complexity index is 1440. The van der Waals surface area contributed by atoms with Gasteiger partial charge in [-0.15, -0.1) is 0 Å². The average Bonchev–Trinajstić information content (AvgIpc) is 3.47. The van der Waals surface area contributed by atoms with E-state index >= 15 is 0 Å². The van der Waals surface area contributed by atoms with Crippen molar-refractivity contribution in [1.82, 2.24) is 0 Å². The summed E-state index contributed by atoms with van der Waals surface area (Å²) >= 11 is 0. The van der Waals surface area contributed by atoms with E-state index in [1.165, 1.54) is 257 Å². The Morgan fingerprint density at radius 2 is 0.444 bits per heavy atom. The number of allylic oxidation sites excluding steroid dienone is 10. The van der Waals surface area contributed by atoms with Crippen molar-refractivity contribution in [2.45, 2.75) is 386 Å². The van der Waals surface area contributed by atoms with Crippen LogP contribution < -0.4 is 0 Å². The maximum absolute atomic E-state index is 13.0. The van der Waals surface area contributed by atoms with E-state index in [2.05, 4.69) is 81.5 Å². The molecule has 472 valence electrons. The first-order valence-electron chi connectivity index (χ1n) is 35.8. The number of hydrogen-bond donors (Lipinski definition) is 0. The van der Waals surface area contributed by atoms with Gasteiger partial charge in [0.2, 0.25) is 0 Å². The summed E-state index contributed by atoms with van der Waals surface area (Å²) in [5, 5.41) is 0. The lowest BCUT2D eigenvalue weighted by Gasteiger charge is -2.18. The highest BCUT2D eigenvalue weighted by Gasteiger charge is 2.19. The number of unbranched alkanes of at least 4 members (excludes halogenated alkanes) is 45. The van der Waals surface area contributed by atoms with Crippen molar-refractivity contribution in [3.05, 3.63) is 60.8 Å². The van der Waals surface area contributed by atoms with Crippen molar-refractivity contribution in [1.29, 1.82) is 0 Å². The summed E-state index contributed by atoms with van der Waals surface area (Å²) in [7, 11) is 0. The van der Waals surface area contributed by atoms with Crippen LogP contribution in [0.25, 0.3) is 0 Å². The van der Waals surface area contributed by atoms with E-state index in [-0.39, 0.29) is 31.1 Å². The normalized spacial score (nSPS) is 12.4. The van der Waals surface area contributed by atoms with Crippen LogP contribution in [0.3, 0.4) is 0 Å². The van der Waals surface area contributed by atoms with Crippen LogP contribution in [-0.2, 0) is 28.6 Å².